The van der Waals surface area contributed by atoms with E-state index in [1.807, 2.05) is 24.4 Å². The van der Waals surface area contributed by atoms with Gasteiger partial charge in [-0.3, -0.25) is 0 Å². The summed E-state index contributed by atoms with van der Waals surface area (Å²) < 4.78 is 0. The molecule has 0 atom stereocenters. The molecule has 0 bridgehead atoms. The van der Waals surface area contributed by atoms with Gasteiger partial charge in [0, 0.05) is 30.7 Å². The van der Waals surface area contributed by atoms with Gasteiger partial charge < -0.3 is 15.3 Å². The SMILES string of the molecule is CCNC1CCN(c2nccc3ccc(O)cc23)CC1. The molecule has 1 aromatic carbocycles. The number of nitrogens with zero attached hydrogens (tertiary/aromatic N) is 2. The van der Waals surface area contributed by atoms with E-state index in [0.717, 1.165) is 49.1 Å². The molecule has 2 heterocycles. The van der Waals surface area contributed by atoms with Crippen LogP contribution < -0.4 is 10.2 Å². The van der Waals surface area contributed by atoms with E-state index >= 15 is 0 Å². The van der Waals surface area contributed by atoms with Crippen LogP contribution in [0.5, 0.6) is 5.75 Å². The largest absolute Gasteiger partial charge is 0.508 e. The van der Waals surface area contributed by atoms with Gasteiger partial charge >= 0.3 is 0 Å². The molecule has 1 aliphatic rings. The first-order valence-electron chi connectivity index (χ1n) is 7.34. The van der Waals surface area contributed by atoms with Crippen LogP contribution in [0.15, 0.2) is 30.5 Å². The Kier molecular flexibility index (Phi) is 3.74. The molecular formula is C16H21N3O. The lowest BCUT2D eigenvalue weighted by molar-refractivity contribution is 0.423. The lowest BCUT2D eigenvalue weighted by Gasteiger charge is -2.33. The Morgan fingerprint density at radius 3 is 2.85 bits per heavy atom. The third-order valence-corrected chi connectivity index (χ3v) is 4.02. The maximum absolute atomic E-state index is 9.71. The first kappa shape index (κ1) is 13.2. The van der Waals surface area contributed by atoms with Gasteiger partial charge in [0.2, 0.25) is 0 Å². The van der Waals surface area contributed by atoms with Crippen molar-refractivity contribution in [3.63, 3.8) is 0 Å². The van der Waals surface area contributed by atoms with Crippen molar-refractivity contribution >= 4 is 16.6 Å². The number of hydrogen-bond donors (Lipinski definition) is 2. The average Bonchev–Trinajstić information content (AvgIpc) is 2.48. The Balaban J connectivity index is 1.86. The summed E-state index contributed by atoms with van der Waals surface area (Å²) in [6.07, 6.45) is 4.14. The summed E-state index contributed by atoms with van der Waals surface area (Å²) in [7, 11) is 0. The number of rotatable bonds is 3. The first-order valence-corrected chi connectivity index (χ1v) is 7.34. The molecule has 2 N–H and O–H groups in total. The zero-order valence-electron chi connectivity index (χ0n) is 11.8. The second-order valence-electron chi connectivity index (χ2n) is 5.36. The smallest absolute Gasteiger partial charge is 0.136 e. The molecule has 0 aliphatic carbocycles. The van der Waals surface area contributed by atoms with E-state index in [9.17, 15) is 5.11 Å². The highest BCUT2D eigenvalue weighted by atomic mass is 16.3. The fourth-order valence-electron chi connectivity index (χ4n) is 2.98. The molecule has 4 nitrogen and oxygen atoms in total. The molecule has 1 saturated heterocycles. The van der Waals surface area contributed by atoms with Crippen LogP contribution in [0, 0.1) is 0 Å². The summed E-state index contributed by atoms with van der Waals surface area (Å²) >= 11 is 0. The minimum atomic E-state index is 0.300. The third-order valence-electron chi connectivity index (χ3n) is 4.02. The van der Waals surface area contributed by atoms with E-state index in [1.54, 1.807) is 6.07 Å². The summed E-state index contributed by atoms with van der Waals surface area (Å²) in [6.45, 7) is 5.21. The van der Waals surface area contributed by atoms with E-state index in [4.69, 9.17) is 0 Å². The summed E-state index contributed by atoms with van der Waals surface area (Å²) in [4.78, 5) is 6.87. The second kappa shape index (κ2) is 5.67. The fraction of sp³-hybridized carbons (Fsp3) is 0.438. The Morgan fingerprint density at radius 2 is 2.10 bits per heavy atom. The van der Waals surface area contributed by atoms with Crippen molar-refractivity contribution in [3.8, 4) is 5.75 Å². The van der Waals surface area contributed by atoms with Gasteiger partial charge in [0.15, 0.2) is 0 Å². The van der Waals surface area contributed by atoms with Crippen molar-refractivity contribution in [2.45, 2.75) is 25.8 Å². The maximum atomic E-state index is 9.71. The molecule has 0 amide bonds. The highest BCUT2D eigenvalue weighted by molar-refractivity contribution is 5.93. The number of phenols is 1. The van der Waals surface area contributed by atoms with Gasteiger partial charge in [-0.05, 0) is 43.0 Å². The highest BCUT2D eigenvalue weighted by Crippen LogP contribution is 2.29. The topological polar surface area (TPSA) is 48.4 Å². The number of pyridine rings is 1. The van der Waals surface area contributed by atoms with Crippen LogP contribution >= 0.6 is 0 Å². The summed E-state index contributed by atoms with van der Waals surface area (Å²) in [5.41, 5.74) is 0. The van der Waals surface area contributed by atoms with E-state index < -0.39 is 0 Å². The third kappa shape index (κ3) is 2.56. The predicted octanol–water partition coefficient (Wildman–Crippen LogP) is 2.52. The van der Waals surface area contributed by atoms with Crippen LogP contribution in [0.25, 0.3) is 10.8 Å². The van der Waals surface area contributed by atoms with Gasteiger partial charge in [0.1, 0.15) is 11.6 Å². The Labute approximate surface area is 119 Å². The van der Waals surface area contributed by atoms with Gasteiger partial charge in [0.25, 0.3) is 0 Å². The number of benzene rings is 1. The molecule has 1 aliphatic heterocycles. The lowest BCUT2D eigenvalue weighted by Crippen LogP contribution is -2.42. The van der Waals surface area contributed by atoms with Crippen LogP contribution in [-0.2, 0) is 0 Å². The maximum Gasteiger partial charge on any atom is 0.136 e. The van der Waals surface area contributed by atoms with Gasteiger partial charge in [-0.2, -0.15) is 0 Å². The minimum Gasteiger partial charge on any atom is -0.508 e. The van der Waals surface area contributed by atoms with Crippen LogP contribution in [0.2, 0.25) is 0 Å². The molecule has 0 unspecified atom stereocenters. The van der Waals surface area contributed by atoms with Crippen molar-refractivity contribution in [2.75, 3.05) is 24.5 Å². The van der Waals surface area contributed by atoms with Gasteiger partial charge in [-0.25, -0.2) is 4.98 Å². The van der Waals surface area contributed by atoms with E-state index in [2.05, 4.69) is 22.1 Å². The van der Waals surface area contributed by atoms with Crippen LogP contribution in [0.1, 0.15) is 19.8 Å². The fourth-order valence-corrected chi connectivity index (χ4v) is 2.98. The van der Waals surface area contributed by atoms with E-state index in [0.29, 0.717) is 11.8 Å². The van der Waals surface area contributed by atoms with Crippen molar-refractivity contribution < 1.29 is 5.11 Å². The second-order valence-corrected chi connectivity index (χ2v) is 5.36. The number of hydrogen-bond acceptors (Lipinski definition) is 4. The van der Waals surface area contributed by atoms with Crippen LogP contribution in [0.4, 0.5) is 5.82 Å². The molecule has 0 radical (unpaired) electrons. The van der Waals surface area contributed by atoms with Crippen molar-refractivity contribution in [3.05, 3.63) is 30.5 Å². The molecule has 2 aromatic rings. The molecule has 4 heteroatoms. The standard InChI is InChI=1S/C16H21N3O/c1-2-17-13-6-9-19(10-7-13)16-15-11-14(20)4-3-12(15)5-8-18-16/h3-5,8,11,13,17,20H,2,6-7,9-10H2,1H3. The van der Waals surface area contributed by atoms with Gasteiger partial charge in [-0.1, -0.05) is 13.0 Å². The minimum absolute atomic E-state index is 0.300. The summed E-state index contributed by atoms with van der Waals surface area (Å²) in [5, 5.41) is 15.4. The van der Waals surface area contributed by atoms with E-state index in [1.165, 1.54) is 0 Å². The molecule has 106 valence electrons. The van der Waals surface area contributed by atoms with E-state index in [-0.39, 0.29) is 0 Å². The molecule has 0 saturated carbocycles. The number of aromatic hydroxyl groups is 1. The lowest BCUT2D eigenvalue weighted by atomic mass is 10.0. The monoisotopic (exact) mass is 271 g/mol. The first-order chi connectivity index (χ1) is 9.78. The highest BCUT2D eigenvalue weighted by Gasteiger charge is 2.20. The molecule has 20 heavy (non-hydrogen) atoms. The quantitative estimate of drug-likeness (QED) is 0.900. The molecule has 3 rings (SSSR count). The number of piperidine rings is 1. The van der Waals surface area contributed by atoms with Crippen molar-refractivity contribution in [1.82, 2.24) is 10.3 Å². The number of fused-ring (bicyclic) bond motifs is 1. The number of nitrogens with one attached hydrogen (secondary N) is 1. The predicted molar refractivity (Wildman–Crippen MR) is 82.3 cm³/mol. The zero-order valence-corrected chi connectivity index (χ0v) is 11.8. The molecular weight excluding hydrogens is 250 g/mol. The number of anilines is 1. The Hall–Kier alpha value is -1.81. The summed E-state index contributed by atoms with van der Waals surface area (Å²) in [5.74, 6) is 1.29. The zero-order chi connectivity index (χ0) is 13.9. The van der Waals surface area contributed by atoms with Crippen molar-refractivity contribution in [2.24, 2.45) is 0 Å². The van der Waals surface area contributed by atoms with Gasteiger partial charge in [-0.15, -0.1) is 0 Å². The van der Waals surface area contributed by atoms with Crippen LogP contribution in [0.3, 0.4) is 0 Å². The van der Waals surface area contributed by atoms with Crippen molar-refractivity contribution in [1.29, 1.82) is 0 Å². The molecule has 1 fully saturated rings. The summed E-state index contributed by atoms with van der Waals surface area (Å²) in [6, 6.07) is 8.10. The normalized spacial score (nSPS) is 16.8. The average molecular weight is 271 g/mol. The number of aromatic nitrogens is 1. The Bertz CT molecular complexity index is 591. The van der Waals surface area contributed by atoms with Gasteiger partial charge in [0.05, 0.1) is 0 Å². The number of phenolic OH excluding ortho intramolecular Hbond substituents is 1. The van der Waals surface area contributed by atoms with Crippen LogP contribution in [-0.4, -0.2) is 35.8 Å². The Morgan fingerprint density at radius 1 is 1.30 bits per heavy atom. The molecule has 1 aromatic heterocycles. The molecule has 0 spiro atoms.